The van der Waals surface area contributed by atoms with Gasteiger partial charge in [-0.25, -0.2) is 4.79 Å². The number of carbonyl (C=O) groups is 3. The van der Waals surface area contributed by atoms with Gasteiger partial charge in [0.05, 0.1) is 10.5 Å². The van der Waals surface area contributed by atoms with Crippen molar-refractivity contribution in [2.24, 2.45) is 4.99 Å². The predicted octanol–water partition coefficient (Wildman–Crippen LogP) is 2.72. The number of esters is 1. The Morgan fingerprint density at radius 3 is 2.92 bits per heavy atom. The number of ether oxygens (including phenoxy) is 1. The molecule has 0 saturated heterocycles. The van der Waals surface area contributed by atoms with Gasteiger partial charge < -0.3 is 14.5 Å². The Kier molecular flexibility index (Phi) is 3.96. The van der Waals surface area contributed by atoms with E-state index in [9.17, 15) is 14.4 Å². The molecule has 130 valence electrons. The Labute approximate surface area is 152 Å². The molecular formula is C18H12N2O5S. The van der Waals surface area contributed by atoms with Crippen LogP contribution in [0, 0.1) is 0 Å². The fraction of sp³-hybridized carbons (Fsp3) is 0.111. The molecule has 4 rings (SSSR count). The number of furan rings is 1. The second-order valence-corrected chi connectivity index (χ2v) is 6.69. The molecule has 7 nitrogen and oxygen atoms in total. The Morgan fingerprint density at radius 2 is 2.12 bits per heavy atom. The monoisotopic (exact) mass is 368 g/mol. The summed E-state index contributed by atoms with van der Waals surface area (Å²) in [6, 6.07) is 8.87. The highest BCUT2D eigenvalue weighted by Gasteiger charge is 2.24. The number of carbonyl (C=O) groups excluding carboxylic acids is 3. The third-order valence-corrected chi connectivity index (χ3v) is 4.67. The van der Waals surface area contributed by atoms with E-state index in [1.807, 2.05) is 6.07 Å². The lowest BCUT2D eigenvalue weighted by Gasteiger charge is -1.99. The van der Waals surface area contributed by atoms with E-state index in [4.69, 9.17) is 9.15 Å². The summed E-state index contributed by atoms with van der Waals surface area (Å²) < 4.78 is 10.8. The number of hydrogen-bond donors (Lipinski definition) is 1. The molecule has 0 atom stereocenters. The molecule has 8 heteroatoms. The number of benzene rings is 1. The number of amidine groups is 1. The third-order valence-electron chi connectivity index (χ3n) is 3.77. The van der Waals surface area contributed by atoms with Gasteiger partial charge >= 0.3 is 5.97 Å². The highest BCUT2D eigenvalue weighted by atomic mass is 32.2. The van der Waals surface area contributed by atoms with Crippen molar-refractivity contribution >= 4 is 40.8 Å². The lowest BCUT2D eigenvalue weighted by atomic mass is 10.0. The highest BCUT2D eigenvalue weighted by molar-refractivity contribution is 8.18. The Hall–Kier alpha value is -3.13. The normalized spacial score (nSPS) is 17.3. The van der Waals surface area contributed by atoms with Gasteiger partial charge in [0.25, 0.3) is 5.91 Å². The van der Waals surface area contributed by atoms with Crippen LogP contribution in [0.15, 0.2) is 44.6 Å². The standard InChI is InChI=1S/C18H12N2O5S/c1-9(21)19-18-20-16(22)15(26-18)7-12-3-5-14(25-12)10-2-4-13-11(6-10)8-24-17(13)23/h2-7H,8H2,1H3,(H,19,20,21,22). The van der Waals surface area contributed by atoms with Crippen molar-refractivity contribution in [3.05, 3.63) is 52.1 Å². The second-order valence-electron chi connectivity index (χ2n) is 5.66. The number of nitrogens with one attached hydrogen (secondary N) is 1. The zero-order valence-corrected chi connectivity index (χ0v) is 14.4. The van der Waals surface area contributed by atoms with Gasteiger partial charge in [-0.05, 0) is 36.0 Å². The number of hydrogen-bond acceptors (Lipinski definition) is 6. The van der Waals surface area contributed by atoms with E-state index < -0.39 is 5.91 Å². The van der Waals surface area contributed by atoms with Crippen LogP contribution in [0.25, 0.3) is 17.4 Å². The summed E-state index contributed by atoms with van der Waals surface area (Å²) in [5.41, 5.74) is 2.20. The van der Waals surface area contributed by atoms with Crippen molar-refractivity contribution in [1.29, 1.82) is 0 Å². The van der Waals surface area contributed by atoms with E-state index in [0.717, 1.165) is 22.9 Å². The largest absolute Gasteiger partial charge is 0.457 e. The number of rotatable bonds is 2. The minimum atomic E-state index is -0.426. The van der Waals surface area contributed by atoms with E-state index >= 15 is 0 Å². The van der Waals surface area contributed by atoms with Crippen molar-refractivity contribution in [2.75, 3.05) is 0 Å². The van der Waals surface area contributed by atoms with E-state index in [2.05, 4.69) is 10.3 Å². The van der Waals surface area contributed by atoms with Crippen LogP contribution in [-0.2, 0) is 20.9 Å². The smallest absolute Gasteiger partial charge is 0.338 e. The van der Waals surface area contributed by atoms with E-state index in [-0.39, 0.29) is 23.7 Å². The first-order valence-corrected chi connectivity index (χ1v) is 8.51. The number of thioether (sulfide) groups is 1. The maximum atomic E-state index is 11.9. The quantitative estimate of drug-likeness (QED) is 0.646. The van der Waals surface area contributed by atoms with Gasteiger partial charge in [-0.2, -0.15) is 4.99 Å². The molecule has 26 heavy (non-hydrogen) atoms. The molecule has 0 bridgehead atoms. The molecule has 0 aliphatic carbocycles. The van der Waals surface area contributed by atoms with Crippen LogP contribution in [0.2, 0.25) is 0 Å². The molecular weight excluding hydrogens is 356 g/mol. The molecule has 2 amide bonds. The van der Waals surface area contributed by atoms with Crippen LogP contribution >= 0.6 is 11.8 Å². The van der Waals surface area contributed by atoms with Crippen molar-refractivity contribution in [2.45, 2.75) is 13.5 Å². The SMILES string of the molecule is CC(=O)NC1=NC(=O)C(=Cc2ccc(-c3ccc4c(c3)COC4=O)o2)S1. The number of fused-ring (bicyclic) bond motifs is 1. The Balaban J connectivity index is 1.55. The van der Waals surface area contributed by atoms with Crippen LogP contribution in [0.3, 0.4) is 0 Å². The van der Waals surface area contributed by atoms with Crippen molar-refractivity contribution in [1.82, 2.24) is 5.32 Å². The molecule has 0 fully saturated rings. The van der Waals surface area contributed by atoms with Crippen molar-refractivity contribution < 1.29 is 23.5 Å². The molecule has 0 radical (unpaired) electrons. The van der Waals surface area contributed by atoms with Crippen molar-refractivity contribution in [3.63, 3.8) is 0 Å². The number of nitrogens with zero attached hydrogens (tertiary/aromatic N) is 1. The fourth-order valence-electron chi connectivity index (χ4n) is 2.61. The summed E-state index contributed by atoms with van der Waals surface area (Å²) in [6.45, 7) is 1.61. The Morgan fingerprint density at radius 1 is 1.27 bits per heavy atom. The van der Waals surface area contributed by atoms with Gasteiger partial charge in [0.15, 0.2) is 5.17 Å². The van der Waals surface area contributed by atoms with E-state index in [1.165, 1.54) is 6.92 Å². The van der Waals surface area contributed by atoms with E-state index in [1.54, 1.807) is 30.3 Å². The summed E-state index contributed by atoms with van der Waals surface area (Å²) >= 11 is 1.08. The second kappa shape index (κ2) is 6.30. The van der Waals surface area contributed by atoms with Gasteiger partial charge in [-0.3, -0.25) is 9.59 Å². The average Bonchev–Trinajstić information content (AvgIpc) is 3.28. The number of aliphatic imine (C=N–C) groups is 1. The molecule has 3 heterocycles. The molecule has 1 aromatic heterocycles. The van der Waals surface area contributed by atoms with Crippen LogP contribution in [0.4, 0.5) is 0 Å². The molecule has 0 saturated carbocycles. The molecule has 0 unspecified atom stereocenters. The molecule has 1 N–H and O–H groups in total. The van der Waals surface area contributed by atoms with Gasteiger partial charge in [0.2, 0.25) is 5.91 Å². The first-order chi connectivity index (χ1) is 12.5. The van der Waals surface area contributed by atoms with E-state index in [0.29, 0.717) is 22.0 Å². The third kappa shape index (κ3) is 3.06. The summed E-state index contributed by atoms with van der Waals surface area (Å²) in [6.07, 6.45) is 1.58. The molecule has 1 aromatic carbocycles. The van der Waals surface area contributed by atoms with Gasteiger partial charge in [0, 0.05) is 24.1 Å². The maximum Gasteiger partial charge on any atom is 0.338 e. The predicted molar refractivity (Wildman–Crippen MR) is 95.1 cm³/mol. The minimum Gasteiger partial charge on any atom is -0.457 e. The van der Waals surface area contributed by atoms with Crippen LogP contribution < -0.4 is 5.32 Å². The first-order valence-electron chi connectivity index (χ1n) is 7.70. The maximum absolute atomic E-state index is 11.9. The van der Waals surface area contributed by atoms with Gasteiger partial charge in [-0.15, -0.1) is 0 Å². The number of cyclic esters (lactones) is 1. The van der Waals surface area contributed by atoms with Crippen LogP contribution in [-0.4, -0.2) is 23.0 Å². The lowest BCUT2D eigenvalue weighted by Crippen LogP contribution is -2.23. The molecule has 0 spiro atoms. The molecule has 2 aliphatic rings. The lowest BCUT2D eigenvalue weighted by molar-refractivity contribution is -0.117. The summed E-state index contributed by atoms with van der Waals surface area (Å²) in [7, 11) is 0. The zero-order chi connectivity index (χ0) is 18.3. The van der Waals surface area contributed by atoms with Crippen LogP contribution in [0.5, 0.6) is 0 Å². The summed E-state index contributed by atoms with van der Waals surface area (Å²) in [5.74, 6) is 0.0677. The Bertz CT molecular complexity index is 1020. The summed E-state index contributed by atoms with van der Waals surface area (Å²) in [5, 5.41) is 2.74. The molecule has 2 aromatic rings. The van der Waals surface area contributed by atoms with Crippen molar-refractivity contribution in [3.8, 4) is 11.3 Å². The highest BCUT2D eigenvalue weighted by Crippen LogP contribution is 2.31. The first kappa shape index (κ1) is 16.3. The van der Waals surface area contributed by atoms with Gasteiger partial charge in [0.1, 0.15) is 18.1 Å². The fourth-order valence-corrected chi connectivity index (χ4v) is 3.45. The molecule has 2 aliphatic heterocycles. The summed E-state index contributed by atoms with van der Waals surface area (Å²) in [4.78, 5) is 38.6. The van der Waals surface area contributed by atoms with Crippen LogP contribution in [0.1, 0.15) is 28.6 Å². The minimum absolute atomic E-state index is 0.254. The zero-order valence-electron chi connectivity index (χ0n) is 13.6. The average molecular weight is 368 g/mol. The van der Waals surface area contributed by atoms with Gasteiger partial charge in [-0.1, -0.05) is 6.07 Å². The number of amides is 2. The topological polar surface area (TPSA) is 98.0 Å².